The molecule has 142 valence electrons. The Morgan fingerprint density at radius 1 is 1.31 bits per heavy atom. The van der Waals surface area contributed by atoms with Crippen LogP contribution in [0.4, 0.5) is 0 Å². The number of fused-ring (bicyclic) bond motifs is 2. The highest BCUT2D eigenvalue weighted by Crippen LogP contribution is 2.43. The van der Waals surface area contributed by atoms with Gasteiger partial charge in [0.1, 0.15) is 0 Å². The number of aliphatic hydroxyl groups excluding tert-OH is 1. The maximum Gasteiger partial charge on any atom is 0.254 e. The molecule has 3 aliphatic rings. The van der Waals surface area contributed by atoms with Gasteiger partial charge in [-0.05, 0) is 68.2 Å². The van der Waals surface area contributed by atoms with Gasteiger partial charge in [-0.2, -0.15) is 0 Å². The summed E-state index contributed by atoms with van der Waals surface area (Å²) in [7, 11) is 1.77. The predicted molar refractivity (Wildman–Crippen MR) is 98.3 cm³/mol. The number of aliphatic hydroxyl groups is 1. The highest BCUT2D eigenvalue weighted by Gasteiger charge is 2.52. The lowest BCUT2D eigenvalue weighted by molar-refractivity contribution is -0.0992. The van der Waals surface area contributed by atoms with Gasteiger partial charge in [-0.3, -0.25) is 4.79 Å². The summed E-state index contributed by atoms with van der Waals surface area (Å²) in [5.74, 6) is 0.117. The van der Waals surface area contributed by atoms with Gasteiger partial charge in [-0.25, -0.2) is 0 Å². The zero-order chi connectivity index (χ0) is 18.1. The first-order valence-electron chi connectivity index (χ1n) is 9.87. The number of likely N-dealkylation sites (tertiary alicyclic amines) is 1. The average molecular weight is 359 g/mol. The Hall–Kier alpha value is -1.43. The number of hydrogen-bond donors (Lipinski definition) is 1. The molecule has 0 aromatic heterocycles. The predicted octanol–water partition coefficient (Wildman–Crippen LogP) is 2.34. The number of ether oxygens (including phenoxy) is 2. The van der Waals surface area contributed by atoms with Crippen molar-refractivity contribution in [1.82, 2.24) is 4.90 Å². The maximum atomic E-state index is 13.3. The van der Waals surface area contributed by atoms with Crippen molar-refractivity contribution in [3.8, 4) is 0 Å². The fourth-order valence-electron chi connectivity index (χ4n) is 5.15. The summed E-state index contributed by atoms with van der Waals surface area (Å²) >= 11 is 0. The van der Waals surface area contributed by atoms with Crippen LogP contribution >= 0.6 is 0 Å². The second kappa shape index (κ2) is 7.29. The molecular formula is C21H29NO4. The molecule has 1 amide bonds. The second-order valence-corrected chi connectivity index (χ2v) is 7.86. The first-order valence-corrected chi connectivity index (χ1v) is 9.87. The lowest BCUT2D eigenvalue weighted by Gasteiger charge is -2.43. The molecule has 5 heteroatoms. The smallest absolute Gasteiger partial charge is 0.254 e. The van der Waals surface area contributed by atoms with E-state index in [0.29, 0.717) is 6.61 Å². The van der Waals surface area contributed by atoms with Crippen LogP contribution < -0.4 is 0 Å². The van der Waals surface area contributed by atoms with Gasteiger partial charge in [0.05, 0.1) is 31.0 Å². The number of hydrogen-bond acceptors (Lipinski definition) is 4. The van der Waals surface area contributed by atoms with E-state index in [9.17, 15) is 4.79 Å². The zero-order valence-corrected chi connectivity index (χ0v) is 15.6. The quantitative estimate of drug-likeness (QED) is 0.877. The molecule has 1 aromatic rings. The van der Waals surface area contributed by atoms with Gasteiger partial charge in [0, 0.05) is 19.2 Å². The molecule has 4 rings (SSSR count). The van der Waals surface area contributed by atoms with Crippen LogP contribution in [0, 0.1) is 0 Å². The molecule has 0 bridgehead atoms. The van der Waals surface area contributed by atoms with Crippen molar-refractivity contribution in [2.45, 2.75) is 62.7 Å². The van der Waals surface area contributed by atoms with Crippen LogP contribution in [0.5, 0.6) is 0 Å². The number of benzene rings is 1. The Morgan fingerprint density at radius 2 is 2.15 bits per heavy atom. The molecule has 0 spiro atoms. The average Bonchev–Trinajstić information content (AvgIpc) is 3.29. The van der Waals surface area contributed by atoms with Crippen LogP contribution in [0.15, 0.2) is 18.2 Å². The van der Waals surface area contributed by atoms with Crippen LogP contribution in [0.2, 0.25) is 0 Å². The monoisotopic (exact) mass is 359 g/mol. The van der Waals surface area contributed by atoms with E-state index in [-0.39, 0.29) is 30.3 Å². The van der Waals surface area contributed by atoms with E-state index in [2.05, 4.69) is 12.1 Å². The van der Waals surface area contributed by atoms with Gasteiger partial charge in [0.2, 0.25) is 0 Å². The fraction of sp³-hybridized carbons (Fsp3) is 0.667. The zero-order valence-electron chi connectivity index (χ0n) is 15.6. The summed E-state index contributed by atoms with van der Waals surface area (Å²) in [6.45, 7) is 1.13. The van der Waals surface area contributed by atoms with Crippen molar-refractivity contribution in [1.29, 1.82) is 0 Å². The molecule has 1 aromatic carbocycles. The molecule has 1 N–H and O–H groups in total. The van der Waals surface area contributed by atoms with E-state index in [0.717, 1.165) is 50.6 Å². The van der Waals surface area contributed by atoms with Crippen LogP contribution in [0.3, 0.4) is 0 Å². The highest BCUT2D eigenvalue weighted by molar-refractivity contribution is 5.95. The summed E-state index contributed by atoms with van der Waals surface area (Å²) in [5.41, 5.74) is 3.28. The van der Waals surface area contributed by atoms with E-state index in [1.807, 2.05) is 11.0 Å². The van der Waals surface area contributed by atoms with Gasteiger partial charge in [-0.1, -0.05) is 6.07 Å². The minimum atomic E-state index is -0.245. The third-order valence-electron chi connectivity index (χ3n) is 6.59. The molecule has 1 heterocycles. The largest absolute Gasteiger partial charge is 0.394 e. The van der Waals surface area contributed by atoms with Crippen LogP contribution in [0.25, 0.3) is 0 Å². The molecule has 1 saturated carbocycles. The topological polar surface area (TPSA) is 59.0 Å². The number of carbonyl (C=O) groups excluding carboxylic acids is 1. The minimum absolute atomic E-state index is 0.0361. The Morgan fingerprint density at radius 3 is 2.96 bits per heavy atom. The SMILES string of the molecule is CO[C@@]12CC[C@H](OCCO)C[C@@H]1N(C(=O)c1ccc3c(c1)CCC3)CC2. The number of amides is 1. The third-order valence-corrected chi connectivity index (χ3v) is 6.59. The number of aryl methyl sites for hydroxylation is 2. The Kier molecular flexibility index (Phi) is 5.04. The summed E-state index contributed by atoms with van der Waals surface area (Å²) in [4.78, 5) is 15.3. The molecule has 2 aliphatic carbocycles. The van der Waals surface area contributed by atoms with Crippen molar-refractivity contribution in [2.75, 3.05) is 26.9 Å². The molecule has 1 aliphatic heterocycles. The molecule has 3 atom stereocenters. The van der Waals surface area contributed by atoms with Gasteiger partial charge >= 0.3 is 0 Å². The van der Waals surface area contributed by atoms with Crippen molar-refractivity contribution < 1.29 is 19.4 Å². The lowest BCUT2D eigenvalue weighted by atomic mass is 9.79. The highest BCUT2D eigenvalue weighted by atomic mass is 16.5. The third kappa shape index (κ3) is 3.06. The summed E-state index contributed by atoms with van der Waals surface area (Å²) in [5, 5.41) is 9.03. The Bertz CT molecular complexity index is 676. The van der Waals surface area contributed by atoms with Crippen molar-refractivity contribution in [2.24, 2.45) is 0 Å². The minimum Gasteiger partial charge on any atom is -0.394 e. The molecule has 1 saturated heterocycles. The molecule has 2 fully saturated rings. The van der Waals surface area contributed by atoms with Gasteiger partial charge in [0.25, 0.3) is 5.91 Å². The molecule has 0 radical (unpaired) electrons. The van der Waals surface area contributed by atoms with E-state index in [1.165, 1.54) is 17.5 Å². The molecule has 0 unspecified atom stereocenters. The number of methoxy groups -OCH3 is 1. The standard InChI is InChI=1S/C21H29NO4/c1-25-21-8-7-18(26-12-11-23)14-19(21)22(10-9-21)20(24)17-6-5-15-3-2-4-16(15)13-17/h5-6,13,18-19,23H,2-4,7-12,14H2,1H3/t18-,19-,21+/m0/s1. The Balaban J connectivity index is 1.54. The Labute approximate surface area is 155 Å². The van der Waals surface area contributed by atoms with Crippen LogP contribution in [-0.4, -0.2) is 60.5 Å². The van der Waals surface area contributed by atoms with Gasteiger partial charge < -0.3 is 19.5 Å². The van der Waals surface area contributed by atoms with Gasteiger partial charge in [0.15, 0.2) is 0 Å². The fourth-order valence-corrected chi connectivity index (χ4v) is 5.15. The van der Waals surface area contributed by atoms with E-state index in [4.69, 9.17) is 14.6 Å². The summed E-state index contributed by atoms with van der Waals surface area (Å²) < 4.78 is 11.7. The number of rotatable bonds is 5. The van der Waals surface area contributed by atoms with E-state index >= 15 is 0 Å². The van der Waals surface area contributed by atoms with E-state index in [1.54, 1.807) is 7.11 Å². The first kappa shape index (κ1) is 18.0. The first-order chi connectivity index (χ1) is 12.7. The normalized spacial score (nSPS) is 30.3. The van der Waals surface area contributed by atoms with E-state index < -0.39 is 0 Å². The molecule has 26 heavy (non-hydrogen) atoms. The number of carbonyl (C=O) groups is 1. The lowest BCUT2D eigenvalue weighted by Crippen LogP contribution is -2.53. The molecule has 5 nitrogen and oxygen atoms in total. The van der Waals surface area contributed by atoms with Crippen molar-refractivity contribution in [3.05, 3.63) is 34.9 Å². The van der Waals surface area contributed by atoms with Crippen molar-refractivity contribution >= 4 is 5.91 Å². The molecular weight excluding hydrogens is 330 g/mol. The summed E-state index contributed by atoms with van der Waals surface area (Å²) in [6, 6.07) is 6.26. The van der Waals surface area contributed by atoms with Gasteiger partial charge in [-0.15, -0.1) is 0 Å². The van der Waals surface area contributed by atoms with Crippen LogP contribution in [0.1, 0.15) is 53.6 Å². The maximum absolute atomic E-state index is 13.3. The van der Waals surface area contributed by atoms with Crippen LogP contribution in [-0.2, 0) is 22.3 Å². The number of nitrogens with zero attached hydrogens (tertiary/aromatic N) is 1. The second-order valence-electron chi connectivity index (χ2n) is 7.86. The summed E-state index contributed by atoms with van der Waals surface area (Å²) in [6.07, 6.45) is 6.98. The van der Waals surface area contributed by atoms with Crippen molar-refractivity contribution in [3.63, 3.8) is 0 Å².